The van der Waals surface area contributed by atoms with E-state index in [1.165, 1.54) is 23.2 Å². The summed E-state index contributed by atoms with van der Waals surface area (Å²) in [6.45, 7) is 9.20. The van der Waals surface area contributed by atoms with Crippen LogP contribution in [0, 0.1) is 0 Å². The molecule has 0 aliphatic heterocycles. The molecule has 21 heavy (non-hydrogen) atoms. The van der Waals surface area contributed by atoms with Crippen LogP contribution in [0.15, 0.2) is 41.1 Å². The third kappa shape index (κ3) is 4.96. The van der Waals surface area contributed by atoms with Crippen LogP contribution in [0.3, 0.4) is 0 Å². The lowest BCUT2D eigenvalue weighted by molar-refractivity contribution is -0.105. The van der Waals surface area contributed by atoms with Gasteiger partial charge in [-0.2, -0.15) is 0 Å². The Balaban J connectivity index is 3.21. The minimum absolute atomic E-state index is 0.947. The second kappa shape index (κ2) is 8.99. The second-order valence-corrected chi connectivity index (χ2v) is 10.8. The quantitative estimate of drug-likeness (QED) is 0.356. The summed E-state index contributed by atoms with van der Waals surface area (Å²) >= 11 is 0. The number of benzene rings is 1. The van der Waals surface area contributed by atoms with E-state index >= 15 is 0 Å². The van der Waals surface area contributed by atoms with Crippen molar-refractivity contribution in [2.24, 2.45) is 0 Å². The summed E-state index contributed by atoms with van der Waals surface area (Å²) in [6, 6.07) is 10.8. The molecule has 0 fully saturated rings. The lowest BCUT2D eigenvalue weighted by Crippen LogP contribution is -2.44. The Morgan fingerprint density at radius 1 is 1.00 bits per heavy atom. The van der Waals surface area contributed by atoms with Crippen molar-refractivity contribution in [2.75, 3.05) is 0 Å². The van der Waals surface area contributed by atoms with E-state index in [2.05, 4.69) is 57.3 Å². The maximum Gasteiger partial charge on any atom is 0.145 e. The Kier molecular flexibility index (Phi) is 7.66. The number of rotatable bonds is 9. The van der Waals surface area contributed by atoms with E-state index in [4.69, 9.17) is 0 Å². The van der Waals surface area contributed by atoms with Crippen LogP contribution in [0.4, 0.5) is 0 Å². The van der Waals surface area contributed by atoms with Gasteiger partial charge in [-0.05, 0) is 24.8 Å². The standard InChI is InChI=1S/C19H30OSi/c1-5-7-12-17(16-20)19(15-8-6-2)21(3,4)18-13-10-9-11-14-18/h9-11,13-14,16H,5-8,12,15H2,1-4H3/b19-17-. The van der Waals surface area contributed by atoms with Gasteiger partial charge >= 0.3 is 0 Å². The Hall–Kier alpha value is -1.15. The molecule has 0 N–H and O–H groups in total. The zero-order valence-electron chi connectivity index (χ0n) is 14.1. The number of carbonyl (C=O) groups is 1. The molecule has 0 amide bonds. The first-order valence-corrected chi connectivity index (χ1v) is 11.3. The summed E-state index contributed by atoms with van der Waals surface area (Å²) in [5.41, 5.74) is 1.09. The van der Waals surface area contributed by atoms with E-state index in [0.717, 1.165) is 37.5 Å². The highest BCUT2D eigenvalue weighted by Crippen LogP contribution is 2.26. The van der Waals surface area contributed by atoms with E-state index in [1.807, 2.05) is 0 Å². The number of aldehydes is 1. The fraction of sp³-hybridized carbons (Fsp3) is 0.526. The van der Waals surface area contributed by atoms with Crippen molar-refractivity contribution in [3.63, 3.8) is 0 Å². The predicted molar refractivity (Wildman–Crippen MR) is 95.7 cm³/mol. The molecule has 1 nitrogen and oxygen atoms in total. The van der Waals surface area contributed by atoms with Crippen LogP contribution in [0.2, 0.25) is 13.1 Å². The Morgan fingerprint density at radius 3 is 2.10 bits per heavy atom. The van der Waals surface area contributed by atoms with Gasteiger partial charge < -0.3 is 0 Å². The molecular weight excluding hydrogens is 272 g/mol. The van der Waals surface area contributed by atoms with Crippen molar-refractivity contribution in [1.82, 2.24) is 0 Å². The smallest absolute Gasteiger partial charge is 0.145 e. The minimum atomic E-state index is -1.73. The SMILES string of the molecule is CCCC/C(C=O)=C(\CCCC)[Si](C)(C)c1ccccc1. The van der Waals surface area contributed by atoms with E-state index in [1.54, 1.807) is 0 Å². The van der Waals surface area contributed by atoms with E-state index < -0.39 is 8.07 Å². The molecule has 1 rings (SSSR count). The average molecular weight is 303 g/mol. The van der Waals surface area contributed by atoms with Crippen molar-refractivity contribution in [3.8, 4) is 0 Å². The number of carbonyl (C=O) groups excluding carboxylic acids is 1. The molecule has 1 aromatic rings. The molecule has 0 aliphatic rings. The summed E-state index contributed by atoms with van der Waals surface area (Å²) in [5, 5.41) is 2.91. The van der Waals surface area contributed by atoms with Gasteiger partial charge in [0.1, 0.15) is 14.4 Å². The van der Waals surface area contributed by atoms with Gasteiger partial charge in [-0.15, -0.1) is 0 Å². The first kappa shape index (κ1) is 17.9. The van der Waals surface area contributed by atoms with Crippen molar-refractivity contribution >= 4 is 19.5 Å². The molecule has 0 aromatic heterocycles. The van der Waals surface area contributed by atoms with Crippen molar-refractivity contribution in [2.45, 2.75) is 65.5 Å². The van der Waals surface area contributed by atoms with Crippen LogP contribution >= 0.6 is 0 Å². The van der Waals surface area contributed by atoms with Gasteiger partial charge in [0.05, 0.1) is 0 Å². The Labute approximate surface area is 131 Å². The van der Waals surface area contributed by atoms with Crippen molar-refractivity contribution < 1.29 is 4.79 Å². The zero-order chi connectivity index (χ0) is 15.7. The highest BCUT2D eigenvalue weighted by Gasteiger charge is 2.29. The van der Waals surface area contributed by atoms with Gasteiger partial charge in [-0.1, -0.05) is 86.9 Å². The lowest BCUT2D eigenvalue weighted by Gasteiger charge is -2.29. The molecule has 0 bridgehead atoms. The largest absolute Gasteiger partial charge is 0.298 e. The third-order valence-corrected chi connectivity index (χ3v) is 8.22. The van der Waals surface area contributed by atoms with Crippen LogP contribution in [-0.2, 0) is 4.79 Å². The van der Waals surface area contributed by atoms with E-state index in [9.17, 15) is 4.79 Å². The molecule has 0 saturated carbocycles. The van der Waals surface area contributed by atoms with Crippen LogP contribution in [0.5, 0.6) is 0 Å². The summed E-state index contributed by atoms with van der Waals surface area (Å²) in [6.07, 6.45) is 7.79. The Bertz CT molecular complexity index is 460. The normalized spacial score (nSPS) is 13.0. The lowest BCUT2D eigenvalue weighted by atomic mass is 10.1. The second-order valence-electron chi connectivity index (χ2n) is 6.32. The molecule has 0 atom stereocenters. The first-order valence-electron chi connectivity index (χ1n) is 8.31. The maximum absolute atomic E-state index is 11.7. The summed E-state index contributed by atoms with van der Waals surface area (Å²) < 4.78 is 0. The fourth-order valence-electron chi connectivity index (χ4n) is 2.91. The molecule has 0 unspecified atom stereocenters. The van der Waals surface area contributed by atoms with Gasteiger partial charge in [0.25, 0.3) is 0 Å². The van der Waals surface area contributed by atoms with Crippen LogP contribution < -0.4 is 5.19 Å². The van der Waals surface area contributed by atoms with Gasteiger partial charge in [0.15, 0.2) is 0 Å². The molecule has 0 aliphatic carbocycles. The van der Waals surface area contributed by atoms with Crippen LogP contribution in [-0.4, -0.2) is 14.4 Å². The molecule has 1 aromatic carbocycles. The average Bonchev–Trinajstić information content (AvgIpc) is 2.51. The van der Waals surface area contributed by atoms with Gasteiger partial charge in [0.2, 0.25) is 0 Å². The highest BCUT2D eigenvalue weighted by molar-refractivity contribution is 6.95. The highest BCUT2D eigenvalue weighted by atomic mass is 28.3. The topological polar surface area (TPSA) is 17.1 Å². The minimum Gasteiger partial charge on any atom is -0.298 e. The number of hydrogen-bond acceptors (Lipinski definition) is 1. The first-order chi connectivity index (χ1) is 10.1. The number of hydrogen-bond donors (Lipinski definition) is 0. The van der Waals surface area contributed by atoms with Gasteiger partial charge in [0, 0.05) is 0 Å². The van der Waals surface area contributed by atoms with Crippen LogP contribution in [0.1, 0.15) is 52.4 Å². The van der Waals surface area contributed by atoms with Crippen molar-refractivity contribution in [1.29, 1.82) is 0 Å². The Morgan fingerprint density at radius 2 is 1.57 bits per heavy atom. The molecule has 0 saturated heterocycles. The number of allylic oxidation sites excluding steroid dienone is 2. The van der Waals surface area contributed by atoms with Gasteiger partial charge in [-0.3, -0.25) is 4.79 Å². The molecule has 2 heteroatoms. The maximum atomic E-state index is 11.7. The predicted octanol–water partition coefficient (Wildman–Crippen LogP) is 5.02. The molecular formula is C19H30OSi. The molecule has 0 heterocycles. The molecule has 116 valence electrons. The molecule has 0 radical (unpaired) electrons. The summed E-state index contributed by atoms with van der Waals surface area (Å²) in [7, 11) is -1.73. The summed E-state index contributed by atoms with van der Waals surface area (Å²) in [4.78, 5) is 11.7. The van der Waals surface area contributed by atoms with Crippen LogP contribution in [0.25, 0.3) is 0 Å². The number of unbranched alkanes of at least 4 members (excludes halogenated alkanes) is 2. The monoisotopic (exact) mass is 302 g/mol. The van der Waals surface area contributed by atoms with Gasteiger partial charge in [-0.25, -0.2) is 0 Å². The zero-order valence-corrected chi connectivity index (χ0v) is 15.1. The fourth-order valence-corrected chi connectivity index (χ4v) is 6.07. The van der Waals surface area contributed by atoms with E-state index in [0.29, 0.717) is 0 Å². The van der Waals surface area contributed by atoms with Crippen molar-refractivity contribution in [3.05, 3.63) is 41.1 Å². The van der Waals surface area contributed by atoms with E-state index in [-0.39, 0.29) is 0 Å². The third-order valence-electron chi connectivity index (χ3n) is 4.36. The summed E-state index contributed by atoms with van der Waals surface area (Å²) in [5.74, 6) is 0. The molecule has 0 spiro atoms.